The fourth-order valence-corrected chi connectivity index (χ4v) is 4.27. The Balaban J connectivity index is 1.47. The quantitative estimate of drug-likeness (QED) is 0.232. The molecule has 0 radical (unpaired) electrons. The number of anilines is 2. The SMILES string of the molecule is CCCCC1CCC(C(F)(F)Oc2ccc(/C=C/C(=O)OCc3ccc(N)cc3N)cc2)CC1. The number of esters is 1. The number of benzene rings is 2. The Morgan fingerprint density at radius 1 is 1.09 bits per heavy atom. The fourth-order valence-electron chi connectivity index (χ4n) is 4.27. The molecule has 1 saturated carbocycles. The molecule has 0 spiro atoms. The van der Waals surface area contributed by atoms with Crippen molar-refractivity contribution in [3.05, 3.63) is 59.7 Å². The standard InChI is InChI=1S/C27H34F2N2O3/c1-2-3-4-19-5-11-22(12-6-19)27(28,29)34-24-14-7-20(8-15-24)9-16-26(32)33-18-21-10-13-23(30)17-25(21)31/h7-10,13-17,19,22H,2-6,11-12,18,30-31H2,1H3/b16-9+. The number of nitrogen functional groups attached to an aromatic ring is 2. The van der Waals surface area contributed by atoms with E-state index in [1.807, 2.05) is 0 Å². The Kier molecular flexibility index (Phi) is 8.91. The number of alkyl halides is 2. The van der Waals surface area contributed by atoms with Crippen molar-refractivity contribution in [3.8, 4) is 5.75 Å². The van der Waals surface area contributed by atoms with Gasteiger partial charge in [-0.1, -0.05) is 44.4 Å². The van der Waals surface area contributed by atoms with Gasteiger partial charge < -0.3 is 20.9 Å². The number of nitrogens with two attached hydrogens (primary N) is 2. The fraction of sp³-hybridized carbons (Fsp3) is 0.444. The van der Waals surface area contributed by atoms with Crippen molar-refractivity contribution in [2.45, 2.75) is 64.6 Å². The number of hydrogen-bond donors (Lipinski definition) is 2. The van der Waals surface area contributed by atoms with Crippen LogP contribution in [0.25, 0.3) is 6.08 Å². The topological polar surface area (TPSA) is 87.6 Å². The third-order valence-corrected chi connectivity index (χ3v) is 6.37. The Labute approximate surface area is 200 Å². The molecule has 5 nitrogen and oxygen atoms in total. The van der Waals surface area contributed by atoms with E-state index < -0.39 is 18.0 Å². The molecule has 2 aromatic carbocycles. The van der Waals surface area contributed by atoms with Gasteiger partial charge >= 0.3 is 12.1 Å². The molecule has 4 N–H and O–H groups in total. The average molecular weight is 473 g/mol. The van der Waals surface area contributed by atoms with Crippen LogP contribution in [0.2, 0.25) is 0 Å². The van der Waals surface area contributed by atoms with Gasteiger partial charge in [-0.25, -0.2) is 4.79 Å². The van der Waals surface area contributed by atoms with Crippen molar-refractivity contribution in [2.24, 2.45) is 11.8 Å². The van der Waals surface area contributed by atoms with Crippen LogP contribution >= 0.6 is 0 Å². The summed E-state index contributed by atoms with van der Waals surface area (Å²) in [5.74, 6) is -0.627. The van der Waals surface area contributed by atoms with Gasteiger partial charge in [-0.3, -0.25) is 0 Å². The highest BCUT2D eigenvalue weighted by atomic mass is 19.3. The highest BCUT2D eigenvalue weighted by Gasteiger charge is 2.43. The van der Waals surface area contributed by atoms with E-state index in [9.17, 15) is 13.6 Å². The third kappa shape index (κ3) is 7.47. The molecule has 0 heterocycles. The van der Waals surface area contributed by atoms with Gasteiger partial charge in [-0.05, 0) is 67.5 Å². The van der Waals surface area contributed by atoms with Crippen LogP contribution in [0.3, 0.4) is 0 Å². The molecule has 7 heteroatoms. The highest BCUT2D eigenvalue weighted by Crippen LogP contribution is 2.41. The molecule has 1 fully saturated rings. The van der Waals surface area contributed by atoms with Crippen molar-refractivity contribution in [1.82, 2.24) is 0 Å². The molecule has 3 rings (SSSR count). The second-order valence-corrected chi connectivity index (χ2v) is 8.99. The Hall–Kier alpha value is -3.09. The molecule has 0 amide bonds. The molecule has 0 atom stereocenters. The minimum Gasteiger partial charge on any atom is -0.458 e. The van der Waals surface area contributed by atoms with Gasteiger partial charge in [-0.2, -0.15) is 8.78 Å². The normalized spacial score (nSPS) is 18.7. The zero-order valence-electron chi connectivity index (χ0n) is 19.6. The monoisotopic (exact) mass is 472 g/mol. The average Bonchev–Trinajstić information content (AvgIpc) is 2.82. The molecule has 0 aromatic heterocycles. The summed E-state index contributed by atoms with van der Waals surface area (Å²) in [6, 6.07) is 11.2. The smallest absolute Gasteiger partial charge is 0.400 e. The first-order valence-corrected chi connectivity index (χ1v) is 11.9. The van der Waals surface area contributed by atoms with Gasteiger partial charge in [-0.15, -0.1) is 0 Å². The zero-order valence-corrected chi connectivity index (χ0v) is 19.6. The summed E-state index contributed by atoms with van der Waals surface area (Å²) >= 11 is 0. The first-order valence-electron chi connectivity index (χ1n) is 11.9. The predicted molar refractivity (Wildman–Crippen MR) is 131 cm³/mol. The van der Waals surface area contributed by atoms with E-state index in [0.29, 0.717) is 41.3 Å². The van der Waals surface area contributed by atoms with E-state index in [1.165, 1.54) is 18.2 Å². The first-order chi connectivity index (χ1) is 16.3. The summed E-state index contributed by atoms with van der Waals surface area (Å²) in [4.78, 5) is 12.0. The maximum absolute atomic E-state index is 14.7. The lowest BCUT2D eigenvalue weighted by atomic mass is 9.79. The Morgan fingerprint density at radius 3 is 2.44 bits per heavy atom. The minimum absolute atomic E-state index is 0.0255. The molecule has 2 aromatic rings. The van der Waals surface area contributed by atoms with Crippen molar-refractivity contribution < 1.29 is 23.0 Å². The van der Waals surface area contributed by atoms with Crippen LogP contribution in [0.15, 0.2) is 48.5 Å². The van der Waals surface area contributed by atoms with Crippen LogP contribution in [0.1, 0.15) is 63.0 Å². The Morgan fingerprint density at radius 2 is 1.79 bits per heavy atom. The molecule has 0 unspecified atom stereocenters. The van der Waals surface area contributed by atoms with Gasteiger partial charge in [0.05, 0.1) is 5.92 Å². The van der Waals surface area contributed by atoms with Crippen molar-refractivity contribution in [2.75, 3.05) is 11.5 Å². The zero-order chi connectivity index (χ0) is 24.6. The lowest BCUT2D eigenvalue weighted by Gasteiger charge is -2.33. The lowest BCUT2D eigenvalue weighted by molar-refractivity contribution is -0.223. The molecule has 1 aliphatic carbocycles. The van der Waals surface area contributed by atoms with Crippen molar-refractivity contribution in [1.29, 1.82) is 0 Å². The molecule has 0 aliphatic heterocycles. The van der Waals surface area contributed by atoms with Crippen LogP contribution < -0.4 is 16.2 Å². The number of unbranched alkanes of at least 4 members (excludes halogenated alkanes) is 1. The number of rotatable bonds is 10. The van der Waals surface area contributed by atoms with Crippen molar-refractivity contribution >= 4 is 23.4 Å². The summed E-state index contributed by atoms with van der Waals surface area (Å²) in [6.45, 7) is 2.18. The summed E-state index contributed by atoms with van der Waals surface area (Å²) in [6.07, 6.45) is 5.74. The van der Waals surface area contributed by atoms with Crippen LogP contribution in [-0.4, -0.2) is 12.1 Å². The van der Waals surface area contributed by atoms with Gasteiger partial charge in [0.1, 0.15) is 12.4 Å². The van der Waals surface area contributed by atoms with E-state index in [4.69, 9.17) is 20.9 Å². The summed E-state index contributed by atoms with van der Waals surface area (Å²) in [5, 5.41) is 0. The van der Waals surface area contributed by atoms with Crippen LogP contribution in [0, 0.1) is 11.8 Å². The van der Waals surface area contributed by atoms with Gasteiger partial charge in [0.25, 0.3) is 0 Å². The van der Waals surface area contributed by atoms with E-state index in [2.05, 4.69) is 6.92 Å². The van der Waals surface area contributed by atoms with E-state index in [0.717, 1.165) is 32.1 Å². The van der Waals surface area contributed by atoms with Crippen molar-refractivity contribution in [3.63, 3.8) is 0 Å². The summed E-state index contributed by atoms with van der Waals surface area (Å²) in [7, 11) is 0. The Bertz CT molecular complexity index is 968. The molecule has 1 aliphatic rings. The minimum atomic E-state index is -3.19. The van der Waals surface area contributed by atoms with Gasteiger partial charge in [0.2, 0.25) is 0 Å². The van der Waals surface area contributed by atoms with Crippen LogP contribution in [0.4, 0.5) is 20.2 Å². The largest absolute Gasteiger partial charge is 0.458 e. The maximum atomic E-state index is 14.7. The highest BCUT2D eigenvalue weighted by molar-refractivity contribution is 5.87. The maximum Gasteiger partial charge on any atom is 0.400 e. The van der Waals surface area contributed by atoms with E-state index in [1.54, 1.807) is 36.4 Å². The van der Waals surface area contributed by atoms with E-state index in [-0.39, 0.29) is 12.4 Å². The molecule has 184 valence electrons. The van der Waals surface area contributed by atoms with Crippen LogP contribution in [0.5, 0.6) is 5.75 Å². The van der Waals surface area contributed by atoms with Crippen LogP contribution in [-0.2, 0) is 16.1 Å². The number of ether oxygens (including phenoxy) is 2. The second kappa shape index (κ2) is 11.9. The second-order valence-electron chi connectivity index (χ2n) is 8.99. The molecule has 0 saturated heterocycles. The number of carbonyl (C=O) groups is 1. The molecule has 0 bridgehead atoms. The third-order valence-electron chi connectivity index (χ3n) is 6.37. The molecule has 34 heavy (non-hydrogen) atoms. The van der Waals surface area contributed by atoms with Gasteiger partial charge in [0.15, 0.2) is 0 Å². The molecular weight excluding hydrogens is 438 g/mol. The van der Waals surface area contributed by atoms with E-state index >= 15 is 0 Å². The first kappa shape index (κ1) is 25.5. The number of hydrogen-bond acceptors (Lipinski definition) is 5. The molecular formula is C27H34F2N2O3. The number of carbonyl (C=O) groups excluding carboxylic acids is 1. The predicted octanol–water partition coefficient (Wildman–Crippen LogP) is 6.58. The number of halogens is 2. The summed E-state index contributed by atoms with van der Waals surface area (Å²) < 4.78 is 39.6. The lowest BCUT2D eigenvalue weighted by Crippen LogP contribution is -2.37. The van der Waals surface area contributed by atoms with Gasteiger partial charge in [0, 0.05) is 23.0 Å². The summed E-state index contributed by atoms with van der Waals surface area (Å²) in [5.41, 5.74) is 13.8.